The van der Waals surface area contributed by atoms with E-state index in [4.69, 9.17) is 5.73 Å². The van der Waals surface area contributed by atoms with Gasteiger partial charge in [0.2, 0.25) is 11.8 Å². The highest BCUT2D eigenvalue weighted by molar-refractivity contribution is 5.80. The van der Waals surface area contributed by atoms with Crippen molar-refractivity contribution in [3.63, 3.8) is 0 Å². The van der Waals surface area contributed by atoms with Crippen molar-refractivity contribution in [2.24, 2.45) is 11.7 Å². The van der Waals surface area contributed by atoms with Gasteiger partial charge in [-0.2, -0.15) is 0 Å². The third kappa shape index (κ3) is 3.91. The van der Waals surface area contributed by atoms with Crippen molar-refractivity contribution in [1.82, 2.24) is 15.8 Å². The van der Waals surface area contributed by atoms with Gasteiger partial charge in [0, 0.05) is 19.1 Å². The van der Waals surface area contributed by atoms with Gasteiger partial charge in [-0.25, -0.2) is 9.82 Å². The molecule has 2 atom stereocenters. The van der Waals surface area contributed by atoms with Gasteiger partial charge in [-0.1, -0.05) is 12.1 Å². The number of hydrazine groups is 1. The van der Waals surface area contributed by atoms with Gasteiger partial charge in [0.1, 0.15) is 11.9 Å². The first-order valence-corrected chi connectivity index (χ1v) is 8.35. The molecule has 2 heterocycles. The Kier molecular flexibility index (Phi) is 5.11. The van der Waals surface area contributed by atoms with E-state index in [9.17, 15) is 14.0 Å². The molecule has 2 saturated heterocycles. The Bertz CT molecular complexity index is 599. The van der Waals surface area contributed by atoms with Crippen LogP contribution in [0.15, 0.2) is 24.3 Å². The second kappa shape index (κ2) is 7.27. The quantitative estimate of drug-likeness (QED) is 0.740. The van der Waals surface area contributed by atoms with Gasteiger partial charge in [-0.15, -0.1) is 0 Å². The number of nitrogens with one attached hydrogen (secondary N) is 2. The highest BCUT2D eigenvalue weighted by Gasteiger charge is 2.35. The van der Waals surface area contributed by atoms with Crippen LogP contribution >= 0.6 is 0 Å². The van der Waals surface area contributed by atoms with E-state index in [1.54, 1.807) is 12.1 Å². The Balaban J connectivity index is 1.47. The van der Waals surface area contributed by atoms with E-state index in [0.29, 0.717) is 31.8 Å². The zero-order chi connectivity index (χ0) is 17.1. The number of primary amides is 1. The summed E-state index contributed by atoms with van der Waals surface area (Å²) >= 11 is 0. The molecular weight excluding hydrogens is 311 g/mol. The SMILES string of the molecule is NC(=O)C1CC(C2CCN(C(=O)Cc3ccc(F)cc3)CC2)NN1. The molecule has 7 heteroatoms. The van der Waals surface area contributed by atoms with Crippen LogP contribution in [0.5, 0.6) is 0 Å². The van der Waals surface area contributed by atoms with Crippen molar-refractivity contribution in [3.8, 4) is 0 Å². The molecule has 2 fully saturated rings. The van der Waals surface area contributed by atoms with Crippen molar-refractivity contribution in [1.29, 1.82) is 0 Å². The number of benzene rings is 1. The third-order valence-corrected chi connectivity index (χ3v) is 5.01. The molecule has 2 aliphatic rings. The van der Waals surface area contributed by atoms with Gasteiger partial charge in [-0.05, 0) is 42.9 Å². The normalized spacial score (nSPS) is 25.0. The van der Waals surface area contributed by atoms with Crippen LogP contribution in [0.4, 0.5) is 4.39 Å². The topological polar surface area (TPSA) is 87.5 Å². The van der Waals surface area contributed by atoms with E-state index in [1.807, 2.05) is 4.90 Å². The number of nitrogens with two attached hydrogens (primary N) is 1. The average Bonchev–Trinajstić information content (AvgIpc) is 3.07. The van der Waals surface area contributed by atoms with Gasteiger partial charge in [0.05, 0.1) is 6.42 Å². The first-order chi connectivity index (χ1) is 11.5. The van der Waals surface area contributed by atoms with Gasteiger partial charge in [0.15, 0.2) is 0 Å². The molecule has 0 aliphatic carbocycles. The fourth-order valence-electron chi connectivity index (χ4n) is 3.52. The van der Waals surface area contributed by atoms with Crippen LogP contribution in [0.3, 0.4) is 0 Å². The summed E-state index contributed by atoms with van der Waals surface area (Å²) < 4.78 is 12.9. The molecule has 0 saturated carbocycles. The van der Waals surface area contributed by atoms with Crippen LogP contribution in [-0.2, 0) is 16.0 Å². The number of hydrogen-bond donors (Lipinski definition) is 3. The summed E-state index contributed by atoms with van der Waals surface area (Å²) in [5.41, 5.74) is 12.2. The van der Waals surface area contributed by atoms with E-state index in [-0.39, 0.29) is 29.7 Å². The highest BCUT2D eigenvalue weighted by Crippen LogP contribution is 2.25. The molecule has 0 bridgehead atoms. The van der Waals surface area contributed by atoms with Crippen LogP contribution < -0.4 is 16.6 Å². The average molecular weight is 334 g/mol. The predicted octanol–water partition coefficient (Wildman–Crippen LogP) is 0.327. The van der Waals surface area contributed by atoms with Crippen molar-refractivity contribution in [2.75, 3.05) is 13.1 Å². The van der Waals surface area contributed by atoms with E-state index in [0.717, 1.165) is 18.4 Å². The fourth-order valence-corrected chi connectivity index (χ4v) is 3.52. The number of rotatable bonds is 4. The summed E-state index contributed by atoms with van der Waals surface area (Å²) in [5, 5.41) is 0. The summed E-state index contributed by atoms with van der Waals surface area (Å²) in [4.78, 5) is 25.4. The van der Waals surface area contributed by atoms with Gasteiger partial charge < -0.3 is 10.6 Å². The Morgan fingerprint density at radius 2 is 1.83 bits per heavy atom. The summed E-state index contributed by atoms with van der Waals surface area (Å²) in [6.07, 6.45) is 2.81. The molecule has 2 unspecified atom stereocenters. The Morgan fingerprint density at radius 1 is 1.17 bits per heavy atom. The molecule has 0 radical (unpaired) electrons. The molecule has 2 amide bonds. The summed E-state index contributed by atoms with van der Waals surface area (Å²) in [6, 6.07) is 5.96. The van der Waals surface area contributed by atoms with Crippen LogP contribution in [0, 0.1) is 11.7 Å². The van der Waals surface area contributed by atoms with E-state index >= 15 is 0 Å². The summed E-state index contributed by atoms with van der Waals surface area (Å²) in [5.74, 6) is -0.125. The fraction of sp³-hybridized carbons (Fsp3) is 0.529. The first kappa shape index (κ1) is 16.9. The lowest BCUT2D eigenvalue weighted by molar-refractivity contribution is -0.132. The monoisotopic (exact) mass is 334 g/mol. The maximum Gasteiger partial charge on any atom is 0.235 e. The first-order valence-electron chi connectivity index (χ1n) is 8.35. The molecule has 4 N–H and O–H groups in total. The van der Waals surface area contributed by atoms with Gasteiger partial charge >= 0.3 is 0 Å². The molecular formula is C17H23FN4O2. The Morgan fingerprint density at radius 3 is 2.42 bits per heavy atom. The smallest absolute Gasteiger partial charge is 0.235 e. The summed E-state index contributed by atoms with van der Waals surface area (Å²) in [6.45, 7) is 1.42. The minimum absolute atomic E-state index is 0.0765. The number of halogens is 1. The minimum Gasteiger partial charge on any atom is -0.368 e. The van der Waals surface area contributed by atoms with Crippen LogP contribution in [-0.4, -0.2) is 41.9 Å². The van der Waals surface area contributed by atoms with Crippen LogP contribution in [0.1, 0.15) is 24.8 Å². The molecule has 0 spiro atoms. The zero-order valence-electron chi connectivity index (χ0n) is 13.5. The number of carbonyl (C=O) groups is 2. The largest absolute Gasteiger partial charge is 0.368 e. The lowest BCUT2D eigenvalue weighted by atomic mass is 9.87. The molecule has 1 aromatic carbocycles. The molecule has 0 aromatic heterocycles. The number of likely N-dealkylation sites (tertiary alicyclic amines) is 1. The Labute approximate surface area is 140 Å². The van der Waals surface area contributed by atoms with Crippen LogP contribution in [0.25, 0.3) is 0 Å². The predicted molar refractivity (Wildman–Crippen MR) is 87.1 cm³/mol. The van der Waals surface area contributed by atoms with Crippen molar-refractivity contribution in [3.05, 3.63) is 35.6 Å². The van der Waals surface area contributed by atoms with Crippen molar-refractivity contribution < 1.29 is 14.0 Å². The standard InChI is InChI=1S/C17H23FN4O2/c18-13-3-1-11(2-4-13)9-16(23)22-7-5-12(6-8-22)14-10-15(17(19)24)21-20-14/h1-4,12,14-15,20-21H,5-10H2,(H2,19,24). The number of piperidine rings is 1. The molecule has 6 nitrogen and oxygen atoms in total. The molecule has 2 aliphatic heterocycles. The minimum atomic E-state index is -0.336. The molecule has 130 valence electrons. The molecule has 1 aromatic rings. The second-order valence-corrected chi connectivity index (χ2v) is 6.61. The Hall–Kier alpha value is -1.99. The van der Waals surface area contributed by atoms with E-state index in [2.05, 4.69) is 10.9 Å². The lowest BCUT2D eigenvalue weighted by Crippen LogP contribution is -2.45. The molecule has 3 rings (SSSR count). The van der Waals surface area contributed by atoms with E-state index < -0.39 is 0 Å². The van der Waals surface area contributed by atoms with Crippen molar-refractivity contribution >= 4 is 11.8 Å². The maximum absolute atomic E-state index is 12.9. The number of amides is 2. The molecule has 24 heavy (non-hydrogen) atoms. The number of carbonyl (C=O) groups excluding carboxylic acids is 2. The highest BCUT2D eigenvalue weighted by atomic mass is 19.1. The van der Waals surface area contributed by atoms with Crippen LogP contribution in [0.2, 0.25) is 0 Å². The summed E-state index contributed by atoms with van der Waals surface area (Å²) in [7, 11) is 0. The lowest BCUT2D eigenvalue weighted by Gasteiger charge is -2.34. The third-order valence-electron chi connectivity index (χ3n) is 5.01. The van der Waals surface area contributed by atoms with Crippen molar-refractivity contribution in [2.45, 2.75) is 37.8 Å². The zero-order valence-corrected chi connectivity index (χ0v) is 13.5. The van der Waals surface area contributed by atoms with Gasteiger partial charge in [-0.3, -0.25) is 15.0 Å². The van der Waals surface area contributed by atoms with E-state index in [1.165, 1.54) is 12.1 Å². The van der Waals surface area contributed by atoms with Gasteiger partial charge in [0.25, 0.3) is 0 Å². The maximum atomic E-state index is 12.9. The number of hydrogen-bond acceptors (Lipinski definition) is 4. The number of nitrogens with zero attached hydrogens (tertiary/aromatic N) is 1. The second-order valence-electron chi connectivity index (χ2n) is 6.61.